The Kier molecular flexibility index (Phi) is 3.41. The summed E-state index contributed by atoms with van der Waals surface area (Å²) in [4.78, 5) is 11.0. The van der Waals surface area contributed by atoms with Crippen LogP contribution in [-0.2, 0) is 13.5 Å². The fourth-order valence-electron chi connectivity index (χ4n) is 1.91. The molecule has 1 heterocycles. The predicted molar refractivity (Wildman–Crippen MR) is 73.7 cm³/mol. The molecule has 0 bridgehead atoms. The highest BCUT2D eigenvalue weighted by Crippen LogP contribution is 2.27. The molecule has 4 N–H and O–H groups in total. The first kappa shape index (κ1) is 12.9. The van der Waals surface area contributed by atoms with Crippen molar-refractivity contribution < 1.29 is 9.90 Å². The van der Waals surface area contributed by atoms with E-state index in [9.17, 15) is 4.79 Å². The molecule has 19 heavy (non-hydrogen) atoms. The number of para-hydroxylation sites is 1. The van der Waals surface area contributed by atoms with Crippen LogP contribution >= 0.6 is 0 Å². The number of anilines is 3. The molecule has 6 heteroatoms. The summed E-state index contributed by atoms with van der Waals surface area (Å²) in [6.07, 6.45) is 2.62. The zero-order valence-electron chi connectivity index (χ0n) is 10.8. The molecule has 0 saturated heterocycles. The number of aromatic carboxylic acids is 1. The van der Waals surface area contributed by atoms with Crippen molar-refractivity contribution in [1.29, 1.82) is 0 Å². The number of aryl methyl sites for hydroxylation is 2. The quantitative estimate of drug-likeness (QED) is 0.731. The van der Waals surface area contributed by atoms with Crippen LogP contribution in [0.4, 0.5) is 17.1 Å². The largest absolute Gasteiger partial charge is 0.478 e. The first-order valence-electron chi connectivity index (χ1n) is 5.94. The summed E-state index contributed by atoms with van der Waals surface area (Å²) in [5, 5.41) is 16.5. The van der Waals surface area contributed by atoms with Crippen molar-refractivity contribution in [3.63, 3.8) is 0 Å². The standard InChI is InChI=1S/C13H16N4O2/c1-3-9-11(7-17(2)16-9)15-10-6-4-5-8(12(10)14)13(18)19/h4-7,15H,3,14H2,1-2H3,(H,18,19). The Morgan fingerprint density at radius 2 is 2.21 bits per heavy atom. The van der Waals surface area contributed by atoms with Gasteiger partial charge < -0.3 is 16.2 Å². The van der Waals surface area contributed by atoms with Gasteiger partial charge in [0.25, 0.3) is 0 Å². The maximum Gasteiger partial charge on any atom is 0.337 e. The number of carboxylic acids is 1. The number of rotatable bonds is 4. The van der Waals surface area contributed by atoms with Crippen LogP contribution in [0, 0.1) is 0 Å². The molecule has 0 aliphatic rings. The molecule has 0 fully saturated rings. The lowest BCUT2D eigenvalue weighted by atomic mass is 10.1. The van der Waals surface area contributed by atoms with Gasteiger partial charge in [-0.05, 0) is 18.6 Å². The number of hydrogen-bond acceptors (Lipinski definition) is 4. The van der Waals surface area contributed by atoms with Crippen molar-refractivity contribution in [3.05, 3.63) is 35.7 Å². The third kappa shape index (κ3) is 2.52. The minimum atomic E-state index is -1.04. The minimum Gasteiger partial charge on any atom is -0.478 e. The SMILES string of the molecule is CCc1nn(C)cc1Nc1cccc(C(=O)O)c1N. The molecular formula is C13H16N4O2. The fourth-order valence-corrected chi connectivity index (χ4v) is 1.91. The molecule has 6 nitrogen and oxygen atoms in total. The number of aromatic nitrogens is 2. The Balaban J connectivity index is 2.38. The topological polar surface area (TPSA) is 93.2 Å². The molecule has 0 unspecified atom stereocenters. The average molecular weight is 260 g/mol. The normalized spacial score (nSPS) is 10.4. The van der Waals surface area contributed by atoms with Gasteiger partial charge in [-0.15, -0.1) is 0 Å². The molecule has 100 valence electrons. The third-order valence-electron chi connectivity index (χ3n) is 2.85. The second-order valence-corrected chi connectivity index (χ2v) is 4.21. The molecule has 2 aromatic rings. The molecule has 0 amide bonds. The van der Waals surface area contributed by atoms with Gasteiger partial charge in [-0.1, -0.05) is 13.0 Å². The van der Waals surface area contributed by atoms with Gasteiger partial charge in [-0.25, -0.2) is 4.79 Å². The van der Waals surface area contributed by atoms with Crippen LogP contribution in [-0.4, -0.2) is 20.9 Å². The van der Waals surface area contributed by atoms with Crippen molar-refractivity contribution in [1.82, 2.24) is 9.78 Å². The second kappa shape index (κ2) is 5.01. The molecule has 0 atom stereocenters. The number of nitrogens with one attached hydrogen (secondary N) is 1. The van der Waals surface area contributed by atoms with Gasteiger partial charge in [0.1, 0.15) is 0 Å². The number of benzene rings is 1. The van der Waals surface area contributed by atoms with E-state index in [1.54, 1.807) is 16.8 Å². The number of carboxylic acid groups (broad SMARTS) is 1. The van der Waals surface area contributed by atoms with Crippen molar-refractivity contribution >= 4 is 23.0 Å². The van der Waals surface area contributed by atoms with E-state index in [0.717, 1.165) is 17.8 Å². The Morgan fingerprint density at radius 3 is 2.84 bits per heavy atom. The summed E-state index contributed by atoms with van der Waals surface area (Å²) in [7, 11) is 1.83. The van der Waals surface area contributed by atoms with Gasteiger partial charge in [0.2, 0.25) is 0 Å². The predicted octanol–water partition coefficient (Wildman–Crippen LogP) is 2.01. The lowest BCUT2D eigenvalue weighted by molar-refractivity contribution is 0.0698. The molecule has 0 spiro atoms. The zero-order chi connectivity index (χ0) is 14.0. The van der Waals surface area contributed by atoms with Crippen LogP contribution in [0.25, 0.3) is 0 Å². The van der Waals surface area contributed by atoms with Gasteiger partial charge in [-0.3, -0.25) is 4.68 Å². The molecule has 1 aromatic carbocycles. The third-order valence-corrected chi connectivity index (χ3v) is 2.85. The fraction of sp³-hybridized carbons (Fsp3) is 0.231. The summed E-state index contributed by atoms with van der Waals surface area (Å²) in [5.74, 6) is -1.04. The van der Waals surface area contributed by atoms with Gasteiger partial charge in [0.05, 0.1) is 28.3 Å². The maximum atomic E-state index is 11.0. The van der Waals surface area contributed by atoms with Crippen LogP contribution < -0.4 is 11.1 Å². The van der Waals surface area contributed by atoms with E-state index in [1.807, 2.05) is 20.2 Å². The number of carbonyl (C=O) groups is 1. The highest BCUT2D eigenvalue weighted by atomic mass is 16.4. The molecule has 0 aliphatic carbocycles. The van der Waals surface area contributed by atoms with Crippen LogP contribution in [0.2, 0.25) is 0 Å². The summed E-state index contributed by atoms with van der Waals surface area (Å²) < 4.78 is 1.71. The molecule has 0 aliphatic heterocycles. The van der Waals surface area contributed by atoms with Gasteiger partial charge in [0, 0.05) is 13.2 Å². The van der Waals surface area contributed by atoms with Crippen LogP contribution in [0.3, 0.4) is 0 Å². The van der Waals surface area contributed by atoms with Gasteiger partial charge in [0.15, 0.2) is 0 Å². The van der Waals surface area contributed by atoms with Crippen LogP contribution in [0.1, 0.15) is 23.0 Å². The number of nitrogens with two attached hydrogens (primary N) is 1. The summed E-state index contributed by atoms with van der Waals surface area (Å²) >= 11 is 0. The lowest BCUT2D eigenvalue weighted by Gasteiger charge is -2.10. The van der Waals surface area contributed by atoms with Crippen molar-refractivity contribution in [2.75, 3.05) is 11.1 Å². The molecule has 0 radical (unpaired) electrons. The smallest absolute Gasteiger partial charge is 0.337 e. The summed E-state index contributed by atoms with van der Waals surface area (Å²) in [6.45, 7) is 2.00. The van der Waals surface area contributed by atoms with E-state index in [1.165, 1.54) is 6.07 Å². The Morgan fingerprint density at radius 1 is 1.47 bits per heavy atom. The monoisotopic (exact) mass is 260 g/mol. The Labute approximate surface area is 110 Å². The molecule has 2 rings (SSSR count). The lowest BCUT2D eigenvalue weighted by Crippen LogP contribution is -2.05. The zero-order valence-corrected chi connectivity index (χ0v) is 10.8. The van der Waals surface area contributed by atoms with Crippen LogP contribution in [0.15, 0.2) is 24.4 Å². The second-order valence-electron chi connectivity index (χ2n) is 4.21. The van der Waals surface area contributed by atoms with E-state index in [-0.39, 0.29) is 11.3 Å². The Hall–Kier alpha value is -2.50. The van der Waals surface area contributed by atoms with E-state index >= 15 is 0 Å². The van der Waals surface area contributed by atoms with Gasteiger partial charge in [-0.2, -0.15) is 5.10 Å². The van der Waals surface area contributed by atoms with Crippen molar-refractivity contribution in [2.45, 2.75) is 13.3 Å². The highest BCUT2D eigenvalue weighted by molar-refractivity contribution is 5.97. The molecule has 1 aromatic heterocycles. The molecule has 0 saturated carbocycles. The number of nitrogens with zero attached hydrogens (tertiary/aromatic N) is 2. The summed E-state index contributed by atoms with van der Waals surface area (Å²) in [6, 6.07) is 4.88. The van der Waals surface area contributed by atoms with E-state index in [0.29, 0.717) is 5.69 Å². The van der Waals surface area contributed by atoms with Crippen molar-refractivity contribution in [3.8, 4) is 0 Å². The first-order chi connectivity index (χ1) is 9.02. The van der Waals surface area contributed by atoms with E-state index in [2.05, 4.69) is 10.4 Å². The van der Waals surface area contributed by atoms with Crippen LogP contribution in [0.5, 0.6) is 0 Å². The average Bonchev–Trinajstić information content (AvgIpc) is 2.71. The maximum absolute atomic E-state index is 11.0. The first-order valence-corrected chi connectivity index (χ1v) is 5.94. The van der Waals surface area contributed by atoms with Gasteiger partial charge >= 0.3 is 5.97 Å². The van der Waals surface area contributed by atoms with E-state index in [4.69, 9.17) is 10.8 Å². The Bertz CT molecular complexity index is 619. The highest BCUT2D eigenvalue weighted by Gasteiger charge is 2.13. The molecular weight excluding hydrogens is 244 g/mol. The summed E-state index contributed by atoms with van der Waals surface area (Å²) in [5.41, 5.74) is 8.48. The van der Waals surface area contributed by atoms with Crippen molar-refractivity contribution in [2.24, 2.45) is 7.05 Å². The number of hydrogen-bond donors (Lipinski definition) is 3. The minimum absolute atomic E-state index is 0.0898. The van der Waals surface area contributed by atoms with E-state index < -0.39 is 5.97 Å². The number of nitrogen functional groups attached to an aromatic ring is 1.